The summed E-state index contributed by atoms with van der Waals surface area (Å²) in [5.74, 6) is 0.209. The van der Waals surface area contributed by atoms with Gasteiger partial charge in [0.05, 0.1) is 30.0 Å². The summed E-state index contributed by atoms with van der Waals surface area (Å²) in [7, 11) is 0. The maximum atomic E-state index is 10.2. The van der Waals surface area contributed by atoms with Gasteiger partial charge in [-0.1, -0.05) is 6.92 Å². The fourth-order valence-electron chi connectivity index (χ4n) is 4.00. The quantitative estimate of drug-likeness (QED) is 0.778. The molecule has 3 rings (SSSR count). The lowest BCUT2D eigenvalue weighted by molar-refractivity contribution is -0.176. The van der Waals surface area contributed by atoms with Crippen molar-refractivity contribution in [2.45, 2.75) is 82.0 Å². The number of hydrogen-bond acceptors (Lipinski definition) is 3. The summed E-state index contributed by atoms with van der Waals surface area (Å²) in [5, 5.41) is 10.2. The van der Waals surface area contributed by atoms with Gasteiger partial charge in [-0.05, 0) is 12.8 Å². The molecule has 2 heterocycles. The first-order valence-corrected chi connectivity index (χ1v) is 7.42. The van der Waals surface area contributed by atoms with Crippen LogP contribution in [0.5, 0.6) is 0 Å². The molecule has 19 heavy (non-hydrogen) atoms. The highest BCUT2D eigenvalue weighted by Gasteiger charge is 2.59. The zero-order valence-electron chi connectivity index (χ0n) is 11.7. The molecule has 7 atom stereocenters. The van der Waals surface area contributed by atoms with Crippen molar-refractivity contribution in [3.63, 3.8) is 0 Å². The molecule has 1 N–H and O–H groups in total. The molecule has 0 unspecified atom stereocenters. The van der Waals surface area contributed by atoms with E-state index in [1.165, 1.54) is 0 Å². The normalized spacial score (nSPS) is 50.3. The van der Waals surface area contributed by atoms with Gasteiger partial charge in [-0.2, -0.15) is 0 Å². The summed E-state index contributed by atoms with van der Waals surface area (Å²) in [6.45, 7) is 11.1. The number of aliphatic hydroxyl groups excluding tert-OH is 1. The molecule has 2 aliphatic heterocycles. The molecule has 4 nitrogen and oxygen atoms in total. The molecule has 0 aromatic rings. The van der Waals surface area contributed by atoms with Gasteiger partial charge >= 0.3 is 0 Å². The van der Waals surface area contributed by atoms with Crippen molar-refractivity contribution >= 4 is 0 Å². The molecule has 1 aliphatic carbocycles. The standard InChI is InChI=1S/C15H23NO3/c1-9(16-3)6-11-4-5-14-15(19-11)7-12(17)10(2)13(8-15)18-14/h9-14,17H,4-8H2,1-2H3/t9-,10-,11-,12-,13-,14+,15+/m1/s1. The number of hydrogen-bond donors (Lipinski definition) is 1. The van der Waals surface area contributed by atoms with Crippen LogP contribution in [-0.4, -0.2) is 41.2 Å². The van der Waals surface area contributed by atoms with Gasteiger partial charge in [0.15, 0.2) is 0 Å². The Morgan fingerprint density at radius 2 is 2.21 bits per heavy atom. The Morgan fingerprint density at radius 1 is 1.42 bits per heavy atom. The Labute approximate surface area is 114 Å². The van der Waals surface area contributed by atoms with Crippen molar-refractivity contribution < 1.29 is 14.6 Å². The second-order valence-electron chi connectivity index (χ2n) is 6.59. The minimum absolute atomic E-state index is 0.0171. The fraction of sp³-hybridized carbons (Fsp3) is 0.933. The molecular formula is C15H23NO3. The molecule has 0 radical (unpaired) electrons. The van der Waals surface area contributed by atoms with Crippen molar-refractivity contribution in [1.29, 1.82) is 0 Å². The zero-order chi connectivity index (χ0) is 13.6. The van der Waals surface area contributed by atoms with Gasteiger partial charge < -0.3 is 19.4 Å². The molecule has 3 aliphatic rings. The first-order chi connectivity index (χ1) is 9.04. The molecule has 1 spiro atoms. The third-order valence-electron chi connectivity index (χ3n) is 5.20. The molecule has 0 aromatic carbocycles. The summed E-state index contributed by atoms with van der Waals surface area (Å²) in [4.78, 5) is 3.56. The van der Waals surface area contributed by atoms with E-state index < -0.39 is 0 Å². The highest BCUT2D eigenvalue weighted by Crippen LogP contribution is 2.51. The molecule has 3 fully saturated rings. The largest absolute Gasteiger partial charge is 0.393 e. The van der Waals surface area contributed by atoms with Gasteiger partial charge in [0.1, 0.15) is 0 Å². The number of ether oxygens (including phenoxy) is 2. The molecule has 0 amide bonds. The third kappa shape index (κ3) is 2.18. The SMILES string of the molecule is [C-]#[N+][C@H](C)C[C@H]1CC[C@@H]2O[C@@H]3C[C@]2(C[C@@H](O)[C@H]3C)O1. The van der Waals surface area contributed by atoms with Crippen LogP contribution in [-0.2, 0) is 9.47 Å². The van der Waals surface area contributed by atoms with E-state index in [1.54, 1.807) is 0 Å². The second kappa shape index (κ2) is 4.73. The van der Waals surface area contributed by atoms with Crippen molar-refractivity contribution in [3.05, 3.63) is 11.4 Å². The van der Waals surface area contributed by atoms with Gasteiger partial charge in [-0.3, -0.25) is 0 Å². The van der Waals surface area contributed by atoms with Crippen LogP contribution in [0.15, 0.2) is 0 Å². The Bertz CT molecular complexity index is 393. The van der Waals surface area contributed by atoms with Gasteiger partial charge in [0.2, 0.25) is 6.04 Å². The first kappa shape index (κ1) is 13.4. The molecule has 4 heteroatoms. The second-order valence-corrected chi connectivity index (χ2v) is 6.59. The molecule has 1 saturated carbocycles. The van der Waals surface area contributed by atoms with E-state index in [0.29, 0.717) is 6.42 Å². The lowest BCUT2D eigenvalue weighted by Gasteiger charge is -2.44. The third-order valence-corrected chi connectivity index (χ3v) is 5.20. The van der Waals surface area contributed by atoms with Crippen LogP contribution in [0, 0.1) is 12.5 Å². The van der Waals surface area contributed by atoms with Crippen LogP contribution in [0.4, 0.5) is 0 Å². The Hall–Kier alpha value is -0.630. The van der Waals surface area contributed by atoms with E-state index in [2.05, 4.69) is 11.8 Å². The van der Waals surface area contributed by atoms with Crippen LogP contribution < -0.4 is 0 Å². The highest BCUT2D eigenvalue weighted by molar-refractivity contribution is 5.08. The summed E-state index contributed by atoms with van der Waals surface area (Å²) < 4.78 is 12.4. The maximum Gasteiger partial charge on any atom is 0.223 e. The monoisotopic (exact) mass is 265 g/mol. The van der Waals surface area contributed by atoms with Crippen molar-refractivity contribution in [3.8, 4) is 0 Å². The predicted octanol–water partition coefficient (Wildman–Crippen LogP) is 2.16. The Balaban J connectivity index is 1.73. The Kier molecular flexibility index (Phi) is 3.33. The smallest absolute Gasteiger partial charge is 0.223 e. The summed E-state index contributed by atoms with van der Waals surface area (Å²) >= 11 is 0. The Morgan fingerprint density at radius 3 is 2.95 bits per heavy atom. The van der Waals surface area contributed by atoms with Gasteiger partial charge in [-0.25, -0.2) is 6.57 Å². The maximum absolute atomic E-state index is 10.2. The molecule has 2 bridgehead atoms. The zero-order valence-corrected chi connectivity index (χ0v) is 11.7. The minimum atomic E-state index is -0.319. The summed E-state index contributed by atoms with van der Waals surface area (Å²) in [5.41, 5.74) is -0.277. The fourth-order valence-corrected chi connectivity index (χ4v) is 4.00. The van der Waals surface area contributed by atoms with E-state index >= 15 is 0 Å². The van der Waals surface area contributed by atoms with E-state index in [9.17, 15) is 5.11 Å². The number of nitrogens with zero attached hydrogens (tertiary/aromatic N) is 1. The van der Waals surface area contributed by atoms with Crippen LogP contribution in [0.2, 0.25) is 0 Å². The molecule has 106 valence electrons. The number of aliphatic hydroxyl groups is 1. The molecular weight excluding hydrogens is 242 g/mol. The topological polar surface area (TPSA) is 43.0 Å². The van der Waals surface area contributed by atoms with Crippen LogP contribution >= 0.6 is 0 Å². The van der Waals surface area contributed by atoms with E-state index in [-0.39, 0.29) is 42.0 Å². The summed E-state index contributed by atoms with van der Waals surface area (Å²) in [6.07, 6.45) is 4.52. The average molecular weight is 265 g/mol. The molecule has 0 aromatic heterocycles. The van der Waals surface area contributed by atoms with E-state index in [0.717, 1.165) is 25.7 Å². The van der Waals surface area contributed by atoms with Gasteiger partial charge in [0.25, 0.3) is 0 Å². The van der Waals surface area contributed by atoms with Crippen molar-refractivity contribution in [1.82, 2.24) is 0 Å². The van der Waals surface area contributed by atoms with Crippen molar-refractivity contribution in [2.75, 3.05) is 0 Å². The van der Waals surface area contributed by atoms with Crippen LogP contribution in [0.1, 0.15) is 46.0 Å². The predicted molar refractivity (Wildman–Crippen MR) is 70.6 cm³/mol. The number of rotatable bonds is 2. The lowest BCUT2D eigenvalue weighted by atomic mass is 9.73. The van der Waals surface area contributed by atoms with Crippen LogP contribution in [0.25, 0.3) is 4.85 Å². The van der Waals surface area contributed by atoms with E-state index in [1.807, 2.05) is 6.92 Å². The number of fused-ring (bicyclic) bond motifs is 1. The van der Waals surface area contributed by atoms with Crippen molar-refractivity contribution in [2.24, 2.45) is 5.92 Å². The minimum Gasteiger partial charge on any atom is -0.393 e. The van der Waals surface area contributed by atoms with E-state index in [4.69, 9.17) is 16.0 Å². The molecule has 2 saturated heterocycles. The first-order valence-electron chi connectivity index (χ1n) is 7.42. The van der Waals surface area contributed by atoms with Crippen LogP contribution in [0.3, 0.4) is 0 Å². The van der Waals surface area contributed by atoms with Gasteiger partial charge in [-0.15, -0.1) is 0 Å². The highest BCUT2D eigenvalue weighted by atomic mass is 16.6. The van der Waals surface area contributed by atoms with Gasteiger partial charge in [0, 0.05) is 32.1 Å². The summed E-state index contributed by atoms with van der Waals surface area (Å²) in [6, 6.07) is 0.0171. The lowest BCUT2D eigenvalue weighted by Crippen LogP contribution is -2.53. The average Bonchev–Trinajstić information content (AvgIpc) is 2.70.